The molecule has 126 valence electrons. The predicted octanol–water partition coefficient (Wildman–Crippen LogP) is 2.09. The zero-order valence-corrected chi connectivity index (χ0v) is 14.7. The monoisotopic (exact) mass is 359 g/mol. The molecule has 1 aliphatic rings. The first kappa shape index (κ1) is 17.7. The molecular weight excluding hydrogens is 342 g/mol. The lowest BCUT2D eigenvalue weighted by molar-refractivity contribution is -0.140. The summed E-state index contributed by atoms with van der Waals surface area (Å²) in [7, 11) is 4.30. The number of methoxy groups -OCH3 is 3. The van der Waals surface area contributed by atoms with Crippen molar-refractivity contribution in [3.8, 4) is 11.5 Å². The highest BCUT2D eigenvalue weighted by Gasteiger charge is 2.30. The third-order valence-corrected chi connectivity index (χ3v) is 4.94. The van der Waals surface area contributed by atoms with E-state index in [1.54, 1.807) is 17.0 Å². The SMILES string of the molecule is COC(=O)[C@H]1CN(C(=O)c2cc(Cl)c(OC)c(OC)c2)CCS1. The molecule has 1 heterocycles. The standard InChI is InChI=1S/C15H18ClNO5S/c1-20-11-7-9(6-10(16)13(11)21-2)14(18)17-4-5-23-12(8-17)15(19)22-3/h6-7,12H,4-5,8H2,1-3H3/t12-/m1/s1. The van der Waals surface area contributed by atoms with Crippen LogP contribution in [0.2, 0.25) is 5.02 Å². The van der Waals surface area contributed by atoms with Crippen LogP contribution in [0.15, 0.2) is 12.1 Å². The summed E-state index contributed by atoms with van der Waals surface area (Å²) in [6.07, 6.45) is 0. The summed E-state index contributed by atoms with van der Waals surface area (Å²) in [5.41, 5.74) is 0.392. The Morgan fingerprint density at radius 2 is 2.00 bits per heavy atom. The fraction of sp³-hybridized carbons (Fsp3) is 0.467. The average Bonchev–Trinajstić information content (AvgIpc) is 2.59. The van der Waals surface area contributed by atoms with E-state index in [9.17, 15) is 9.59 Å². The fourth-order valence-corrected chi connectivity index (χ4v) is 3.75. The second kappa shape index (κ2) is 7.79. The molecule has 1 fully saturated rings. The number of esters is 1. The average molecular weight is 360 g/mol. The van der Waals surface area contributed by atoms with Crippen molar-refractivity contribution in [2.45, 2.75) is 5.25 Å². The van der Waals surface area contributed by atoms with Gasteiger partial charge in [-0.15, -0.1) is 11.8 Å². The summed E-state index contributed by atoms with van der Waals surface area (Å²) in [5.74, 6) is 0.915. The summed E-state index contributed by atoms with van der Waals surface area (Å²) in [6, 6.07) is 3.13. The van der Waals surface area contributed by atoms with Gasteiger partial charge in [-0.05, 0) is 12.1 Å². The lowest BCUT2D eigenvalue weighted by atomic mass is 10.1. The maximum Gasteiger partial charge on any atom is 0.320 e. The number of hydrogen-bond donors (Lipinski definition) is 0. The van der Waals surface area contributed by atoms with Crippen LogP contribution in [0.1, 0.15) is 10.4 Å². The zero-order chi connectivity index (χ0) is 17.0. The number of benzene rings is 1. The van der Waals surface area contributed by atoms with Crippen molar-refractivity contribution in [1.29, 1.82) is 0 Å². The van der Waals surface area contributed by atoms with E-state index >= 15 is 0 Å². The number of hydrogen-bond acceptors (Lipinski definition) is 6. The van der Waals surface area contributed by atoms with Crippen LogP contribution in [0.3, 0.4) is 0 Å². The number of amides is 1. The van der Waals surface area contributed by atoms with Crippen molar-refractivity contribution in [1.82, 2.24) is 4.90 Å². The molecule has 1 saturated heterocycles. The number of carbonyl (C=O) groups excluding carboxylic acids is 2. The summed E-state index contributed by atoms with van der Waals surface area (Å²) in [5, 5.41) is -0.0700. The van der Waals surface area contributed by atoms with Gasteiger partial charge in [0.2, 0.25) is 0 Å². The summed E-state index contributed by atoms with van der Waals surface area (Å²) in [6.45, 7) is 0.866. The molecule has 1 amide bonds. The van der Waals surface area contributed by atoms with Gasteiger partial charge < -0.3 is 19.1 Å². The second-order valence-corrected chi connectivity index (χ2v) is 6.55. The molecule has 0 N–H and O–H groups in total. The molecule has 1 aromatic rings. The summed E-state index contributed by atoms with van der Waals surface area (Å²) >= 11 is 7.63. The molecule has 8 heteroatoms. The molecule has 0 radical (unpaired) electrons. The van der Waals surface area contributed by atoms with Crippen LogP contribution < -0.4 is 9.47 Å². The van der Waals surface area contributed by atoms with Crippen LogP contribution >= 0.6 is 23.4 Å². The highest BCUT2D eigenvalue weighted by atomic mass is 35.5. The van der Waals surface area contributed by atoms with Gasteiger partial charge in [0.1, 0.15) is 5.25 Å². The van der Waals surface area contributed by atoms with Crippen LogP contribution in [-0.2, 0) is 9.53 Å². The maximum absolute atomic E-state index is 12.7. The van der Waals surface area contributed by atoms with Gasteiger partial charge in [-0.3, -0.25) is 9.59 Å². The summed E-state index contributed by atoms with van der Waals surface area (Å²) < 4.78 is 15.1. The van der Waals surface area contributed by atoms with Crippen molar-refractivity contribution in [3.63, 3.8) is 0 Å². The molecule has 0 saturated carbocycles. The first-order chi connectivity index (χ1) is 11.0. The van der Waals surface area contributed by atoms with Crippen LogP contribution in [0.5, 0.6) is 11.5 Å². The van der Waals surface area contributed by atoms with Gasteiger partial charge in [0.25, 0.3) is 5.91 Å². The smallest absolute Gasteiger partial charge is 0.320 e. The van der Waals surface area contributed by atoms with Crippen molar-refractivity contribution >= 4 is 35.2 Å². The van der Waals surface area contributed by atoms with E-state index in [1.807, 2.05) is 0 Å². The lowest BCUT2D eigenvalue weighted by Gasteiger charge is -2.31. The van der Waals surface area contributed by atoms with Gasteiger partial charge in [0.15, 0.2) is 11.5 Å². The summed E-state index contributed by atoms with van der Waals surface area (Å²) in [4.78, 5) is 26.0. The lowest BCUT2D eigenvalue weighted by Crippen LogP contribution is -2.45. The number of nitrogens with zero attached hydrogens (tertiary/aromatic N) is 1. The number of ether oxygens (including phenoxy) is 3. The number of halogens is 1. The van der Waals surface area contributed by atoms with Gasteiger partial charge in [-0.2, -0.15) is 0 Å². The first-order valence-corrected chi connectivity index (χ1v) is 8.34. The molecule has 1 aromatic carbocycles. The third kappa shape index (κ3) is 3.84. The van der Waals surface area contributed by atoms with E-state index in [0.717, 1.165) is 0 Å². The largest absolute Gasteiger partial charge is 0.493 e. The minimum absolute atomic E-state index is 0.206. The van der Waals surface area contributed by atoms with Crippen LogP contribution in [0.25, 0.3) is 0 Å². The highest BCUT2D eigenvalue weighted by molar-refractivity contribution is 8.00. The Kier molecular flexibility index (Phi) is 6.01. The molecule has 0 aromatic heterocycles. The molecule has 2 rings (SSSR count). The van der Waals surface area contributed by atoms with Gasteiger partial charge in [-0.1, -0.05) is 11.6 Å². The minimum Gasteiger partial charge on any atom is -0.493 e. The molecule has 1 atom stereocenters. The van der Waals surface area contributed by atoms with Crippen molar-refractivity contribution in [2.24, 2.45) is 0 Å². The highest BCUT2D eigenvalue weighted by Crippen LogP contribution is 2.36. The number of carbonyl (C=O) groups is 2. The molecule has 0 aliphatic carbocycles. The Morgan fingerprint density at radius 3 is 2.61 bits per heavy atom. The molecular formula is C15H18ClNO5S. The Bertz CT molecular complexity index is 610. The maximum atomic E-state index is 12.7. The number of thioether (sulfide) groups is 1. The van der Waals surface area contributed by atoms with Gasteiger partial charge in [0, 0.05) is 24.4 Å². The Balaban J connectivity index is 2.23. The molecule has 23 heavy (non-hydrogen) atoms. The fourth-order valence-electron chi connectivity index (χ4n) is 2.33. The van der Waals surface area contributed by atoms with Gasteiger partial charge in [0.05, 0.1) is 26.4 Å². The van der Waals surface area contributed by atoms with Crippen LogP contribution in [-0.4, -0.2) is 62.2 Å². The Morgan fingerprint density at radius 1 is 1.26 bits per heavy atom. The van der Waals surface area contributed by atoms with E-state index in [0.29, 0.717) is 40.9 Å². The van der Waals surface area contributed by atoms with Crippen molar-refractivity contribution in [2.75, 3.05) is 40.2 Å². The first-order valence-electron chi connectivity index (χ1n) is 6.92. The third-order valence-electron chi connectivity index (χ3n) is 3.50. The van der Waals surface area contributed by atoms with E-state index in [-0.39, 0.29) is 17.1 Å². The zero-order valence-electron chi connectivity index (χ0n) is 13.1. The van der Waals surface area contributed by atoms with E-state index < -0.39 is 0 Å². The Labute approximate surface area is 144 Å². The van der Waals surface area contributed by atoms with E-state index in [4.69, 9.17) is 25.8 Å². The molecule has 1 aliphatic heterocycles. The van der Waals surface area contributed by atoms with E-state index in [1.165, 1.54) is 33.1 Å². The predicted molar refractivity (Wildman–Crippen MR) is 88.7 cm³/mol. The molecule has 6 nitrogen and oxygen atoms in total. The minimum atomic E-state index is -0.367. The topological polar surface area (TPSA) is 65.1 Å². The number of rotatable bonds is 4. The van der Waals surface area contributed by atoms with Crippen molar-refractivity contribution in [3.05, 3.63) is 22.7 Å². The van der Waals surface area contributed by atoms with Crippen LogP contribution in [0, 0.1) is 0 Å². The quantitative estimate of drug-likeness (QED) is 0.767. The molecule has 0 bridgehead atoms. The van der Waals surface area contributed by atoms with E-state index in [2.05, 4.69) is 0 Å². The van der Waals surface area contributed by atoms with Gasteiger partial charge >= 0.3 is 5.97 Å². The van der Waals surface area contributed by atoms with Crippen LogP contribution in [0.4, 0.5) is 0 Å². The molecule has 0 unspecified atom stereocenters. The van der Waals surface area contributed by atoms with Gasteiger partial charge in [-0.25, -0.2) is 0 Å². The second-order valence-electron chi connectivity index (χ2n) is 4.83. The normalized spacial score (nSPS) is 17.6. The Hall–Kier alpha value is -1.60. The molecule has 0 spiro atoms. The van der Waals surface area contributed by atoms with Crippen molar-refractivity contribution < 1.29 is 23.8 Å².